The quantitative estimate of drug-likeness (QED) is 0.212. The number of nitrogens with one attached hydrogen (secondary N) is 2. The number of ether oxygens (including phenoxy) is 1. The van der Waals surface area contributed by atoms with E-state index >= 15 is 0 Å². The minimum atomic E-state index is -0.713. The topological polar surface area (TPSA) is 109 Å². The molecule has 0 bridgehead atoms. The van der Waals surface area contributed by atoms with Crippen molar-refractivity contribution < 1.29 is 14.3 Å². The summed E-state index contributed by atoms with van der Waals surface area (Å²) in [4.78, 5) is 30.1. The van der Waals surface area contributed by atoms with Gasteiger partial charge in [0.2, 0.25) is 0 Å². The number of nitrogens with zero attached hydrogens (tertiary/aromatic N) is 3. The monoisotopic (exact) mass is 581 g/mol. The molecular formula is C33H35N5O3S. The molecule has 0 saturated carbocycles. The van der Waals surface area contributed by atoms with Crippen molar-refractivity contribution in [2.24, 2.45) is 0 Å². The summed E-state index contributed by atoms with van der Waals surface area (Å²) >= 11 is 1.61. The molecule has 1 heterocycles. The Morgan fingerprint density at radius 1 is 1.05 bits per heavy atom. The minimum Gasteiger partial charge on any atom is -0.467 e. The number of nitriles is 1. The number of aryl methyl sites for hydroxylation is 1. The molecule has 0 radical (unpaired) electrons. The van der Waals surface area contributed by atoms with Crippen LogP contribution in [0.4, 0.5) is 0 Å². The van der Waals surface area contributed by atoms with E-state index in [1.54, 1.807) is 18.1 Å². The van der Waals surface area contributed by atoms with Crippen LogP contribution in [0.1, 0.15) is 44.7 Å². The van der Waals surface area contributed by atoms with Crippen LogP contribution in [0.25, 0.3) is 11.1 Å². The number of esters is 1. The normalized spacial score (nSPS) is 11.5. The average Bonchev–Trinajstić information content (AvgIpc) is 3.45. The molecule has 216 valence electrons. The molecular weight excluding hydrogens is 546 g/mol. The number of amides is 1. The fourth-order valence-corrected chi connectivity index (χ4v) is 5.19. The predicted octanol–water partition coefficient (Wildman–Crippen LogP) is 5.09. The Kier molecular flexibility index (Phi) is 10.9. The maximum atomic E-state index is 13.5. The number of aromatic nitrogens is 2. The highest BCUT2D eigenvalue weighted by atomic mass is 32.2. The Bertz CT molecular complexity index is 1560. The van der Waals surface area contributed by atoms with Gasteiger partial charge in [-0.1, -0.05) is 42.5 Å². The van der Waals surface area contributed by atoms with Crippen LogP contribution in [-0.2, 0) is 29.2 Å². The molecule has 42 heavy (non-hydrogen) atoms. The molecule has 9 heteroatoms. The van der Waals surface area contributed by atoms with Gasteiger partial charge in [0, 0.05) is 31.4 Å². The van der Waals surface area contributed by atoms with E-state index in [1.807, 2.05) is 86.1 Å². The molecule has 4 rings (SSSR count). The largest absolute Gasteiger partial charge is 0.467 e. The second-order valence-corrected chi connectivity index (χ2v) is 10.9. The Hall–Kier alpha value is -4.39. The predicted molar refractivity (Wildman–Crippen MR) is 166 cm³/mol. The third kappa shape index (κ3) is 7.87. The molecule has 0 fully saturated rings. The highest BCUT2D eigenvalue weighted by Crippen LogP contribution is 2.28. The molecule has 1 atom stereocenters. The van der Waals surface area contributed by atoms with Crippen molar-refractivity contribution in [1.82, 2.24) is 20.2 Å². The van der Waals surface area contributed by atoms with E-state index in [2.05, 4.69) is 26.3 Å². The van der Waals surface area contributed by atoms with Crippen LogP contribution < -0.4 is 10.6 Å². The first-order chi connectivity index (χ1) is 20.4. The van der Waals surface area contributed by atoms with Crippen LogP contribution in [0.2, 0.25) is 0 Å². The Morgan fingerprint density at radius 2 is 1.81 bits per heavy atom. The van der Waals surface area contributed by atoms with Crippen LogP contribution in [0.5, 0.6) is 0 Å². The lowest BCUT2D eigenvalue weighted by Gasteiger charge is -2.19. The first-order valence-electron chi connectivity index (χ1n) is 13.7. The molecule has 0 spiro atoms. The van der Waals surface area contributed by atoms with E-state index in [9.17, 15) is 9.59 Å². The second-order valence-electron chi connectivity index (χ2n) is 9.95. The van der Waals surface area contributed by atoms with Gasteiger partial charge in [-0.05, 0) is 77.4 Å². The fraction of sp³-hybridized carbons (Fsp3) is 0.273. The lowest BCUT2D eigenvalue weighted by atomic mass is 9.93. The highest BCUT2D eigenvalue weighted by molar-refractivity contribution is 7.98. The van der Waals surface area contributed by atoms with Crippen molar-refractivity contribution >= 4 is 23.6 Å². The molecule has 8 nitrogen and oxygen atoms in total. The molecule has 0 aliphatic heterocycles. The van der Waals surface area contributed by atoms with E-state index in [1.165, 1.54) is 7.11 Å². The summed E-state index contributed by atoms with van der Waals surface area (Å²) in [6.45, 7) is 3.87. The molecule has 0 saturated heterocycles. The van der Waals surface area contributed by atoms with Crippen molar-refractivity contribution in [3.8, 4) is 17.2 Å². The SMILES string of the molecule is COC(=O)[C@H](CCSC)NC(=O)c1ccc(CNCc2cncn2Cc2ccc(C#N)cc2)cc1-c1ccccc1C. The van der Waals surface area contributed by atoms with Gasteiger partial charge in [0.05, 0.1) is 30.8 Å². The fourth-order valence-electron chi connectivity index (χ4n) is 4.71. The van der Waals surface area contributed by atoms with Crippen LogP contribution in [0.3, 0.4) is 0 Å². The van der Waals surface area contributed by atoms with Gasteiger partial charge in [-0.15, -0.1) is 0 Å². The number of carbonyl (C=O) groups excluding carboxylic acids is 2. The smallest absolute Gasteiger partial charge is 0.328 e. The van der Waals surface area contributed by atoms with Crippen molar-refractivity contribution in [3.05, 3.63) is 113 Å². The molecule has 2 N–H and O–H groups in total. The zero-order valence-electron chi connectivity index (χ0n) is 24.1. The Labute approximate surface area is 251 Å². The van der Waals surface area contributed by atoms with Crippen LogP contribution in [-0.4, -0.2) is 46.6 Å². The zero-order valence-corrected chi connectivity index (χ0v) is 24.9. The Morgan fingerprint density at radius 3 is 2.52 bits per heavy atom. The lowest BCUT2D eigenvalue weighted by Crippen LogP contribution is -2.42. The van der Waals surface area contributed by atoms with Gasteiger partial charge in [0.15, 0.2) is 0 Å². The van der Waals surface area contributed by atoms with Crippen molar-refractivity contribution in [2.75, 3.05) is 19.1 Å². The summed E-state index contributed by atoms with van der Waals surface area (Å²) in [5.74, 6) is -0.0353. The number of hydrogen-bond donors (Lipinski definition) is 2. The van der Waals surface area contributed by atoms with E-state index < -0.39 is 12.0 Å². The van der Waals surface area contributed by atoms with E-state index in [-0.39, 0.29) is 5.91 Å². The summed E-state index contributed by atoms with van der Waals surface area (Å²) in [6.07, 6.45) is 6.10. The molecule has 0 aliphatic carbocycles. The van der Waals surface area contributed by atoms with Gasteiger partial charge in [0.1, 0.15) is 6.04 Å². The summed E-state index contributed by atoms with van der Waals surface area (Å²) in [6, 6.07) is 22.7. The van der Waals surface area contributed by atoms with Crippen LogP contribution in [0, 0.1) is 18.3 Å². The third-order valence-electron chi connectivity index (χ3n) is 7.04. The molecule has 1 aromatic heterocycles. The first kappa shape index (κ1) is 30.6. The van der Waals surface area contributed by atoms with Crippen molar-refractivity contribution in [3.63, 3.8) is 0 Å². The third-order valence-corrected chi connectivity index (χ3v) is 7.68. The molecule has 3 aromatic carbocycles. The van der Waals surface area contributed by atoms with Crippen molar-refractivity contribution in [1.29, 1.82) is 5.26 Å². The van der Waals surface area contributed by atoms with Crippen molar-refractivity contribution in [2.45, 2.75) is 39.0 Å². The summed E-state index contributed by atoms with van der Waals surface area (Å²) < 4.78 is 7.01. The molecule has 1 amide bonds. The lowest BCUT2D eigenvalue weighted by molar-refractivity contribution is -0.142. The number of rotatable bonds is 13. The van der Waals surface area contributed by atoms with E-state index in [0.717, 1.165) is 39.3 Å². The standard InChI is InChI=1S/C33H35N5O3S/c1-23-6-4-5-7-28(23)30-16-26(12-13-29(30)32(39)37-31(14-15-42-3)33(40)41-2)18-35-19-27-20-36-22-38(27)21-25-10-8-24(17-34)9-11-25/h4-13,16,20,22,31,35H,14-15,18-19,21H2,1-3H3,(H,37,39)/t31-/m0/s1. The number of carbonyl (C=O) groups is 2. The molecule has 4 aromatic rings. The van der Waals surface area contributed by atoms with E-state index in [0.29, 0.717) is 37.2 Å². The van der Waals surface area contributed by atoms with Gasteiger partial charge in [-0.2, -0.15) is 17.0 Å². The van der Waals surface area contributed by atoms with Gasteiger partial charge < -0.3 is 19.9 Å². The first-order valence-corrected chi connectivity index (χ1v) is 15.1. The van der Waals surface area contributed by atoms with Gasteiger partial charge in [-0.25, -0.2) is 9.78 Å². The Balaban J connectivity index is 1.50. The number of imidazole rings is 1. The van der Waals surface area contributed by atoms with Crippen LogP contribution in [0.15, 0.2) is 79.3 Å². The molecule has 0 aliphatic rings. The maximum absolute atomic E-state index is 13.5. The summed E-state index contributed by atoms with van der Waals surface area (Å²) in [5.41, 5.74) is 7.12. The second kappa shape index (κ2) is 15.0. The number of hydrogen-bond acceptors (Lipinski definition) is 7. The average molecular weight is 582 g/mol. The molecule has 0 unspecified atom stereocenters. The number of thioether (sulfide) groups is 1. The summed E-state index contributed by atoms with van der Waals surface area (Å²) in [5, 5.41) is 15.4. The van der Waals surface area contributed by atoms with E-state index in [4.69, 9.17) is 10.00 Å². The maximum Gasteiger partial charge on any atom is 0.328 e. The minimum absolute atomic E-state index is 0.309. The van der Waals surface area contributed by atoms with Gasteiger partial charge in [-0.3, -0.25) is 4.79 Å². The van der Waals surface area contributed by atoms with Gasteiger partial charge in [0.25, 0.3) is 5.91 Å². The van der Waals surface area contributed by atoms with Gasteiger partial charge >= 0.3 is 5.97 Å². The van der Waals surface area contributed by atoms with Crippen LogP contribution >= 0.6 is 11.8 Å². The number of methoxy groups -OCH3 is 1. The highest BCUT2D eigenvalue weighted by Gasteiger charge is 2.24. The number of benzene rings is 3. The summed E-state index contributed by atoms with van der Waals surface area (Å²) in [7, 11) is 1.33. The zero-order chi connectivity index (χ0) is 29.9.